The molecule has 0 saturated heterocycles. The summed E-state index contributed by atoms with van der Waals surface area (Å²) in [6.45, 7) is 0. The van der Waals surface area contributed by atoms with Gasteiger partial charge in [-0.05, 0) is 60.2 Å². The van der Waals surface area contributed by atoms with Crippen molar-refractivity contribution in [2.75, 3.05) is 10.0 Å². The monoisotopic (exact) mass is 409 g/mol. The molecule has 0 fully saturated rings. The quantitative estimate of drug-likeness (QED) is 0.644. The molecule has 0 spiro atoms. The van der Waals surface area contributed by atoms with Crippen molar-refractivity contribution in [3.63, 3.8) is 0 Å². The van der Waals surface area contributed by atoms with Crippen molar-refractivity contribution in [3.05, 3.63) is 89.7 Å². The van der Waals surface area contributed by atoms with Crippen LogP contribution in [0.5, 0.6) is 0 Å². The van der Waals surface area contributed by atoms with E-state index < -0.39 is 21.7 Å². The number of hydrogen-bond donors (Lipinski definition) is 2. The Morgan fingerprint density at radius 1 is 0.966 bits per heavy atom. The Kier molecular flexibility index (Phi) is 5.90. The van der Waals surface area contributed by atoms with Crippen LogP contribution in [0, 0.1) is 17.1 Å². The second-order valence-corrected chi connectivity index (χ2v) is 7.81. The van der Waals surface area contributed by atoms with Crippen LogP contribution in [0.2, 0.25) is 0 Å². The summed E-state index contributed by atoms with van der Waals surface area (Å²) in [7, 11) is -3.95. The normalized spacial score (nSPS) is 10.8. The molecule has 0 aliphatic heterocycles. The van der Waals surface area contributed by atoms with E-state index in [1.54, 1.807) is 24.3 Å². The molecule has 3 aromatic rings. The molecule has 2 N–H and O–H groups in total. The van der Waals surface area contributed by atoms with Crippen LogP contribution in [0.15, 0.2) is 77.7 Å². The van der Waals surface area contributed by atoms with Crippen LogP contribution in [-0.4, -0.2) is 14.3 Å². The lowest BCUT2D eigenvalue weighted by atomic mass is 10.1. The number of anilines is 2. The molecule has 3 rings (SSSR count). The molecule has 0 bridgehead atoms. The van der Waals surface area contributed by atoms with E-state index in [4.69, 9.17) is 5.26 Å². The van der Waals surface area contributed by atoms with Crippen molar-refractivity contribution in [2.24, 2.45) is 0 Å². The van der Waals surface area contributed by atoms with Gasteiger partial charge in [0.2, 0.25) is 0 Å². The van der Waals surface area contributed by atoms with Crippen LogP contribution in [0.25, 0.3) is 0 Å². The first-order valence-electron chi connectivity index (χ1n) is 8.53. The summed E-state index contributed by atoms with van der Waals surface area (Å²) in [5.41, 5.74) is 1.71. The van der Waals surface area contributed by atoms with Crippen molar-refractivity contribution in [3.8, 4) is 6.07 Å². The van der Waals surface area contributed by atoms with Crippen molar-refractivity contribution in [2.45, 2.75) is 11.3 Å². The van der Waals surface area contributed by atoms with Gasteiger partial charge in [0.25, 0.3) is 15.9 Å². The van der Waals surface area contributed by atoms with Gasteiger partial charge in [0, 0.05) is 16.9 Å². The molecule has 0 aliphatic carbocycles. The van der Waals surface area contributed by atoms with E-state index in [9.17, 15) is 17.6 Å². The van der Waals surface area contributed by atoms with Gasteiger partial charge >= 0.3 is 0 Å². The molecule has 0 radical (unpaired) electrons. The third kappa shape index (κ3) is 5.18. The van der Waals surface area contributed by atoms with Gasteiger partial charge in [-0.15, -0.1) is 0 Å². The van der Waals surface area contributed by atoms with E-state index >= 15 is 0 Å². The van der Waals surface area contributed by atoms with Crippen molar-refractivity contribution >= 4 is 27.3 Å². The lowest BCUT2D eigenvalue weighted by molar-refractivity contribution is 0.102. The van der Waals surface area contributed by atoms with Crippen molar-refractivity contribution in [1.29, 1.82) is 5.26 Å². The lowest BCUT2D eigenvalue weighted by Gasteiger charge is -2.10. The van der Waals surface area contributed by atoms with Crippen LogP contribution >= 0.6 is 0 Å². The minimum absolute atomic E-state index is 0.0983. The fourth-order valence-electron chi connectivity index (χ4n) is 2.54. The predicted octanol–water partition coefficient (Wildman–Crippen LogP) is 3.94. The van der Waals surface area contributed by atoms with Gasteiger partial charge in [-0.1, -0.05) is 18.2 Å². The highest BCUT2D eigenvalue weighted by atomic mass is 32.2. The van der Waals surface area contributed by atoms with Crippen LogP contribution in [-0.2, 0) is 16.4 Å². The van der Waals surface area contributed by atoms with Gasteiger partial charge in [0.05, 0.1) is 17.4 Å². The average Bonchev–Trinajstić information content (AvgIpc) is 2.71. The molecule has 0 aromatic heterocycles. The summed E-state index contributed by atoms with van der Waals surface area (Å²) in [4.78, 5) is 12.4. The number of benzene rings is 3. The Hall–Kier alpha value is -3.70. The largest absolute Gasteiger partial charge is 0.322 e. The SMILES string of the molecule is N#CCc1ccc(NC(=O)c2cccc(S(=O)(=O)Nc3ccc(F)cc3)c2)cc1. The first kappa shape index (κ1) is 20.0. The third-order valence-electron chi connectivity index (χ3n) is 4.00. The lowest BCUT2D eigenvalue weighted by Crippen LogP contribution is -2.16. The van der Waals surface area contributed by atoms with Crippen molar-refractivity contribution in [1.82, 2.24) is 0 Å². The van der Waals surface area contributed by atoms with Crippen LogP contribution in [0.3, 0.4) is 0 Å². The maximum absolute atomic E-state index is 13.0. The van der Waals surface area contributed by atoms with Crippen LogP contribution in [0.4, 0.5) is 15.8 Å². The van der Waals surface area contributed by atoms with Crippen LogP contribution < -0.4 is 10.0 Å². The minimum Gasteiger partial charge on any atom is -0.322 e. The molecule has 8 heteroatoms. The number of sulfonamides is 1. The molecule has 0 atom stereocenters. The number of halogens is 1. The van der Waals surface area contributed by atoms with E-state index in [2.05, 4.69) is 10.0 Å². The summed E-state index contributed by atoms with van der Waals surface area (Å²) in [6.07, 6.45) is 0.273. The Morgan fingerprint density at radius 3 is 2.28 bits per heavy atom. The second kappa shape index (κ2) is 8.54. The zero-order chi connectivity index (χ0) is 20.9. The Balaban J connectivity index is 1.76. The summed E-state index contributed by atoms with van der Waals surface area (Å²) in [6, 6.07) is 19.3. The highest BCUT2D eigenvalue weighted by Crippen LogP contribution is 2.19. The molecule has 29 heavy (non-hydrogen) atoms. The Bertz CT molecular complexity index is 1170. The van der Waals surface area contributed by atoms with Gasteiger partial charge < -0.3 is 5.32 Å². The van der Waals surface area contributed by atoms with E-state index in [0.717, 1.165) is 17.7 Å². The highest BCUT2D eigenvalue weighted by molar-refractivity contribution is 7.92. The van der Waals surface area contributed by atoms with Gasteiger partial charge in [-0.25, -0.2) is 12.8 Å². The molecule has 3 aromatic carbocycles. The first-order valence-corrected chi connectivity index (χ1v) is 10.0. The Morgan fingerprint density at radius 2 is 1.62 bits per heavy atom. The predicted molar refractivity (Wildman–Crippen MR) is 107 cm³/mol. The van der Waals surface area contributed by atoms with E-state index in [-0.39, 0.29) is 22.6 Å². The maximum Gasteiger partial charge on any atom is 0.261 e. The van der Waals surface area contributed by atoms with Crippen LogP contribution in [0.1, 0.15) is 15.9 Å². The molecule has 0 saturated carbocycles. The first-order chi connectivity index (χ1) is 13.9. The zero-order valence-corrected chi connectivity index (χ0v) is 15.9. The smallest absolute Gasteiger partial charge is 0.261 e. The molecule has 1 amide bonds. The second-order valence-electron chi connectivity index (χ2n) is 6.13. The fourth-order valence-corrected chi connectivity index (χ4v) is 3.64. The standard InChI is InChI=1S/C21H16FN3O3S/c22-17-6-10-19(11-7-17)25-29(27,28)20-3-1-2-16(14-20)21(26)24-18-8-4-15(5-9-18)12-13-23/h1-11,14,25H,12H2,(H,24,26). The average molecular weight is 409 g/mol. The molecular weight excluding hydrogens is 393 g/mol. The molecule has 146 valence electrons. The third-order valence-corrected chi connectivity index (χ3v) is 5.38. The number of carbonyl (C=O) groups is 1. The summed E-state index contributed by atoms with van der Waals surface area (Å²) >= 11 is 0. The summed E-state index contributed by atoms with van der Waals surface area (Å²) in [5.74, 6) is -0.955. The van der Waals surface area contributed by atoms with Gasteiger partial charge in [-0.2, -0.15) is 5.26 Å². The summed E-state index contributed by atoms with van der Waals surface area (Å²) in [5, 5.41) is 11.4. The van der Waals surface area contributed by atoms with Gasteiger partial charge in [0.15, 0.2) is 0 Å². The minimum atomic E-state index is -3.95. The topological polar surface area (TPSA) is 99.1 Å². The zero-order valence-electron chi connectivity index (χ0n) is 15.1. The summed E-state index contributed by atoms with van der Waals surface area (Å²) < 4.78 is 40.4. The van der Waals surface area contributed by atoms with Crippen molar-refractivity contribution < 1.29 is 17.6 Å². The molecule has 0 heterocycles. The fraction of sp³-hybridized carbons (Fsp3) is 0.0476. The number of nitriles is 1. The number of nitrogens with one attached hydrogen (secondary N) is 2. The molecular formula is C21H16FN3O3S. The molecule has 0 aliphatic rings. The van der Waals surface area contributed by atoms with Gasteiger partial charge in [0.1, 0.15) is 5.82 Å². The molecule has 6 nitrogen and oxygen atoms in total. The van der Waals surface area contributed by atoms with Gasteiger partial charge in [-0.3, -0.25) is 9.52 Å². The molecule has 0 unspecified atom stereocenters. The number of hydrogen-bond acceptors (Lipinski definition) is 4. The number of rotatable bonds is 6. The van der Waals surface area contributed by atoms with E-state index in [0.29, 0.717) is 5.69 Å². The Labute approximate surface area is 167 Å². The van der Waals surface area contributed by atoms with E-state index in [1.807, 2.05) is 6.07 Å². The number of carbonyl (C=O) groups excluding carboxylic acids is 1. The van der Waals surface area contributed by atoms with E-state index in [1.165, 1.54) is 36.4 Å². The maximum atomic E-state index is 13.0. The number of amides is 1. The number of nitrogens with zero attached hydrogens (tertiary/aromatic N) is 1. The highest BCUT2D eigenvalue weighted by Gasteiger charge is 2.17.